The van der Waals surface area contributed by atoms with Gasteiger partial charge in [-0.15, -0.1) is 0 Å². The third-order valence-electron chi connectivity index (χ3n) is 2.61. The lowest BCUT2D eigenvalue weighted by Crippen LogP contribution is -2.18. The highest BCUT2D eigenvalue weighted by atomic mass is 79.9. The average molecular weight is 373 g/mol. The number of hydrogen-bond acceptors (Lipinski definition) is 4. The summed E-state index contributed by atoms with van der Waals surface area (Å²) in [7, 11) is -2.08. The van der Waals surface area contributed by atoms with Crippen molar-refractivity contribution < 1.29 is 8.42 Å². The molecule has 2 rings (SSSR count). The lowest BCUT2D eigenvalue weighted by Gasteiger charge is -2.09. The van der Waals surface area contributed by atoms with E-state index in [0.717, 1.165) is 9.37 Å². The minimum absolute atomic E-state index is 0.203. The molecule has 0 aliphatic heterocycles. The zero-order valence-corrected chi connectivity index (χ0v) is 13.8. The lowest BCUT2D eigenvalue weighted by molar-refractivity contribution is 0.588. The van der Waals surface area contributed by atoms with Gasteiger partial charge in [-0.1, -0.05) is 27.7 Å². The van der Waals surface area contributed by atoms with E-state index in [1.54, 1.807) is 12.1 Å². The SMILES string of the molecule is CNS(=O)(=O)c1ccc(N)c(Sc2ccc(Br)cc2)c1. The number of nitrogen functional groups attached to an aromatic ring is 1. The number of hydrogen-bond donors (Lipinski definition) is 2. The number of halogens is 1. The van der Waals surface area contributed by atoms with Crippen LogP contribution < -0.4 is 10.5 Å². The third-order valence-corrected chi connectivity index (χ3v) is 5.63. The fourth-order valence-corrected chi connectivity index (χ4v) is 3.51. The van der Waals surface area contributed by atoms with Gasteiger partial charge in [-0.05, 0) is 49.5 Å². The highest BCUT2D eigenvalue weighted by molar-refractivity contribution is 9.10. The zero-order valence-electron chi connectivity index (χ0n) is 10.6. The summed E-state index contributed by atoms with van der Waals surface area (Å²) in [4.78, 5) is 1.90. The van der Waals surface area contributed by atoms with E-state index in [2.05, 4.69) is 20.7 Å². The highest BCUT2D eigenvalue weighted by Gasteiger charge is 2.13. The molecule has 0 atom stereocenters. The first-order valence-electron chi connectivity index (χ1n) is 5.69. The summed E-state index contributed by atoms with van der Waals surface area (Å²) in [6, 6.07) is 12.4. The maximum Gasteiger partial charge on any atom is 0.240 e. The van der Waals surface area contributed by atoms with Crippen molar-refractivity contribution in [2.75, 3.05) is 12.8 Å². The van der Waals surface area contributed by atoms with Gasteiger partial charge in [-0.25, -0.2) is 13.1 Å². The maximum atomic E-state index is 11.8. The summed E-state index contributed by atoms with van der Waals surface area (Å²) in [6.45, 7) is 0. The van der Waals surface area contributed by atoms with Crippen molar-refractivity contribution in [3.05, 3.63) is 46.9 Å². The van der Waals surface area contributed by atoms with Gasteiger partial charge >= 0.3 is 0 Å². The first kappa shape index (κ1) is 15.4. The van der Waals surface area contributed by atoms with Crippen LogP contribution in [0.2, 0.25) is 0 Å². The van der Waals surface area contributed by atoms with Crippen LogP contribution in [-0.2, 0) is 10.0 Å². The highest BCUT2D eigenvalue weighted by Crippen LogP contribution is 2.34. The summed E-state index contributed by atoms with van der Waals surface area (Å²) in [5, 5.41) is 0. The quantitative estimate of drug-likeness (QED) is 0.808. The van der Waals surface area contributed by atoms with Crippen LogP contribution >= 0.6 is 27.7 Å². The number of nitrogens with two attached hydrogens (primary N) is 1. The summed E-state index contributed by atoms with van der Waals surface area (Å²) >= 11 is 4.80. The molecule has 0 bridgehead atoms. The van der Waals surface area contributed by atoms with Crippen LogP contribution in [0.25, 0.3) is 0 Å². The van der Waals surface area contributed by atoms with Crippen LogP contribution in [0.3, 0.4) is 0 Å². The van der Waals surface area contributed by atoms with Crippen LogP contribution in [0, 0.1) is 0 Å². The van der Waals surface area contributed by atoms with Crippen LogP contribution in [-0.4, -0.2) is 15.5 Å². The normalized spacial score (nSPS) is 11.5. The molecule has 0 aromatic heterocycles. The minimum atomic E-state index is -3.46. The van der Waals surface area contributed by atoms with E-state index in [1.165, 1.54) is 24.9 Å². The van der Waals surface area contributed by atoms with E-state index in [9.17, 15) is 8.42 Å². The number of benzene rings is 2. The standard InChI is InChI=1S/C13H13BrN2O2S2/c1-16-20(17,18)11-6-7-12(15)13(8-11)19-10-4-2-9(14)3-5-10/h2-8,16H,15H2,1H3. The predicted molar refractivity (Wildman–Crippen MR) is 85.4 cm³/mol. The molecule has 0 saturated heterocycles. The smallest absolute Gasteiger partial charge is 0.240 e. The molecule has 2 aromatic carbocycles. The second-order valence-corrected chi connectivity index (χ2v) is 7.88. The molecule has 0 heterocycles. The molecular weight excluding hydrogens is 360 g/mol. The van der Waals surface area contributed by atoms with Crippen molar-refractivity contribution in [1.29, 1.82) is 0 Å². The van der Waals surface area contributed by atoms with Crippen LogP contribution in [0.1, 0.15) is 0 Å². The minimum Gasteiger partial charge on any atom is -0.398 e. The Bertz CT molecular complexity index is 716. The van der Waals surface area contributed by atoms with Gasteiger partial charge in [0.1, 0.15) is 0 Å². The first-order valence-corrected chi connectivity index (χ1v) is 8.78. The molecule has 0 spiro atoms. The Morgan fingerprint density at radius 1 is 1.15 bits per heavy atom. The third kappa shape index (κ3) is 3.54. The van der Waals surface area contributed by atoms with Crippen molar-refractivity contribution in [2.24, 2.45) is 0 Å². The summed E-state index contributed by atoms with van der Waals surface area (Å²) in [6.07, 6.45) is 0. The Hall–Kier alpha value is -1.02. The van der Waals surface area contributed by atoms with E-state index in [1.807, 2.05) is 24.3 Å². The molecule has 4 nitrogen and oxygen atoms in total. The Labute approximate surface area is 130 Å². The number of rotatable bonds is 4. The molecule has 20 heavy (non-hydrogen) atoms. The average Bonchev–Trinajstić information content (AvgIpc) is 2.43. The van der Waals surface area contributed by atoms with Crippen molar-refractivity contribution >= 4 is 43.4 Å². The molecule has 0 radical (unpaired) electrons. The number of sulfonamides is 1. The lowest BCUT2D eigenvalue weighted by atomic mass is 10.3. The summed E-state index contributed by atoms with van der Waals surface area (Å²) in [5.74, 6) is 0. The van der Waals surface area contributed by atoms with Gasteiger partial charge in [-0.3, -0.25) is 0 Å². The molecule has 0 fully saturated rings. The molecule has 0 aliphatic carbocycles. The van der Waals surface area contributed by atoms with Crippen molar-refractivity contribution in [3.63, 3.8) is 0 Å². The molecule has 0 aliphatic rings. The van der Waals surface area contributed by atoms with Crippen LogP contribution in [0.5, 0.6) is 0 Å². The van der Waals surface area contributed by atoms with Crippen molar-refractivity contribution in [1.82, 2.24) is 4.72 Å². The molecule has 2 aromatic rings. The summed E-state index contributed by atoms with van der Waals surface area (Å²) < 4.78 is 26.9. The second-order valence-electron chi connectivity index (χ2n) is 3.96. The Morgan fingerprint density at radius 3 is 2.40 bits per heavy atom. The molecular formula is C13H13BrN2O2S2. The monoisotopic (exact) mass is 372 g/mol. The van der Waals surface area contributed by atoms with E-state index < -0.39 is 10.0 Å². The van der Waals surface area contributed by atoms with Crippen LogP contribution in [0.15, 0.2) is 61.6 Å². The topological polar surface area (TPSA) is 72.2 Å². The largest absolute Gasteiger partial charge is 0.398 e. The number of anilines is 1. The predicted octanol–water partition coefficient (Wildman–Crippen LogP) is 3.09. The Kier molecular flexibility index (Phi) is 4.74. The van der Waals surface area contributed by atoms with E-state index in [0.29, 0.717) is 10.6 Å². The Morgan fingerprint density at radius 2 is 1.80 bits per heavy atom. The van der Waals surface area contributed by atoms with Gasteiger partial charge < -0.3 is 5.73 Å². The molecule has 0 unspecified atom stereocenters. The Balaban J connectivity index is 2.36. The van der Waals surface area contributed by atoms with E-state index in [4.69, 9.17) is 5.73 Å². The van der Waals surface area contributed by atoms with Gasteiger partial charge in [-0.2, -0.15) is 0 Å². The molecule has 0 saturated carbocycles. The van der Waals surface area contributed by atoms with Crippen molar-refractivity contribution in [2.45, 2.75) is 14.7 Å². The first-order chi connectivity index (χ1) is 9.42. The van der Waals surface area contributed by atoms with Gasteiger partial charge in [0.15, 0.2) is 0 Å². The fraction of sp³-hybridized carbons (Fsp3) is 0.0769. The molecule has 3 N–H and O–H groups in total. The van der Waals surface area contributed by atoms with Crippen LogP contribution in [0.4, 0.5) is 5.69 Å². The van der Waals surface area contributed by atoms with E-state index in [-0.39, 0.29) is 4.90 Å². The molecule has 7 heteroatoms. The maximum absolute atomic E-state index is 11.8. The van der Waals surface area contributed by atoms with Gasteiger partial charge in [0.2, 0.25) is 10.0 Å². The van der Waals surface area contributed by atoms with Gasteiger partial charge in [0.05, 0.1) is 4.90 Å². The molecule has 0 amide bonds. The van der Waals surface area contributed by atoms with E-state index >= 15 is 0 Å². The zero-order chi connectivity index (χ0) is 14.8. The second kappa shape index (κ2) is 6.17. The van der Waals surface area contributed by atoms with Crippen molar-refractivity contribution in [3.8, 4) is 0 Å². The number of nitrogens with one attached hydrogen (secondary N) is 1. The van der Waals surface area contributed by atoms with Gasteiger partial charge in [0, 0.05) is 20.0 Å². The molecule has 106 valence electrons. The summed E-state index contributed by atoms with van der Waals surface area (Å²) in [5.41, 5.74) is 6.46. The fourth-order valence-electron chi connectivity index (χ4n) is 1.52. The van der Waals surface area contributed by atoms with Gasteiger partial charge in [0.25, 0.3) is 0 Å².